The van der Waals surface area contributed by atoms with Gasteiger partial charge in [-0.1, -0.05) is 30.3 Å². The Bertz CT molecular complexity index is 759. The monoisotopic (exact) mass is 356 g/mol. The molecule has 1 aliphatic rings. The second kappa shape index (κ2) is 8.14. The van der Waals surface area contributed by atoms with Gasteiger partial charge in [0.05, 0.1) is 19.7 Å². The summed E-state index contributed by atoms with van der Waals surface area (Å²) in [6, 6.07) is 9.91. The molecule has 7 nitrogen and oxygen atoms in total. The summed E-state index contributed by atoms with van der Waals surface area (Å²) in [7, 11) is 1.86. The molecule has 26 heavy (non-hydrogen) atoms. The van der Waals surface area contributed by atoms with Gasteiger partial charge in [0.1, 0.15) is 5.82 Å². The van der Waals surface area contributed by atoms with Crippen molar-refractivity contribution in [2.45, 2.75) is 18.9 Å². The third kappa shape index (κ3) is 4.11. The molecule has 1 atom stereocenters. The van der Waals surface area contributed by atoms with Crippen LogP contribution in [-0.4, -0.2) is 62.5 Å². The Hall–Kier alpha value is -2.67. The topological polar surface area (TPSA) is 78.7 Å². The van der Waals surface area contributed by atoms with Crippen LogP contribution < -0.4 is 0 Å². The van der Waals surface area contributed by atoms with Gasteiger partial charge in [-0.2, -0.15) is 0 Å². The van der Waals surface area contributed by atoms with E-state index in [1.54, 1.807) is 16.0 Å². The van der Waals surface area contributed by atoms with Crippen molar-refractivity contribution in [3.05, 3.63) is 54.1 Å². The Labute approximate surface area is 152 Å². The van der Waals surface area contributed by atoms with Gasteiger partial charge in [-0.25, -0.2) is 4.98 Å². The van der Waals surface area contributed by atoms with E-state index in [1.807, 2.05) is 48.1 Å². The van der Waals surface area contributed by atoms with Crippen LogP contribution in [0.25, 0.3) is 0 Å². The van der Waals surface area contributed by atoms with E-state index in [4.69, 9.17) is 0 Å². The molecular formula is C19H24N4O3. The summed E-state index contributed by atoms with van der Waals surface area (Å²) in [5.41, 5.74) is 1.12. The number of carbonyl (C=O) groups excluding carboxylic acids is 2. The minimum Gasteiger partial charge on any atom is -0.395 e. The van der Waals surface area contributed by atoms with Crippen LogP contribution in [0, 0.1) is 0 Å². The molecule has 0 radical (unpaired) electrons. The lowest BCUT2D eigenvalue weighted by Crippen LogP contribution is -2.42. The number of carbonyl (C=O) groups is 2. The van der Waals surface area contributed by atoms with Crippen molar-refractivity contribution in [2.24, 2.45) is 7.05 Å². The highest BCUT2D eigenvalue weighted by Crippen LogP contribution is 2.27. The normalized spacial score (nSPS) is 16.9. The molecule has 0 unspecified atom stereocenters. The third-order valence-corrected chi connectivity index (χ3v) is 4.79. The number of likely N-dealkylation sites (tertiary alicyclic amines) is 1. The highest BCUT2D eigenvalue weighted by atomic mass is 16.3. The smallest absolute Gasteiger partial charge is 0.242 e. The first-order valence-electron chi connectivity index (χ1n) is 8.76. The minimum absolute atomic E-state index is 0.00635. The number of amides is 2. The Kier molecular flexibility index (Phi) is 5.68. The highest BCUT2D eigenvalue weighted by Gasteiger charge is 2.32. The second-order valence-electron chi connectivity index (χ2n) is 6.58. The summed E-state index contributed by atoms with van der Waals surface area (Å²) in [6.45, 7) is 0.982. The predicted octanol–water partition coefficient (Wildman–Crippen LogP) is 0.757. The van der Waals surface area contributed by atoms with E-state index in [1.165, 1.54) is 0 Å². The van der Waals surface area contributed by atoms with Crippen molar-refractivity contribution in [1.82, 2.24) is 19.4 Å². The molecule has 0 spiro atoms. The molecule has 1 aliphatic heterocycles. The number of aliphatic hydroxyl groups is 1. The van der Waals surface area contributed by atoms with Gasteiger partial charge in [-0.05, 0) is 5.56 Å². The first-order chi connectivity index (χ1) is 12.6. The van der Waals surface area contributed by atoms with Gasteiger partial charge in [0.2, 0.25) is 11.8 Å². The van der Waals surface area contributed by atoms with Crippen LogP contribution in [0.2, 0.25) is 0 Å². The summed E-state index contributed by atoms with van der Waals surface area (Å²) in [5.74, 6) is 0.677. The fourth-order valence-electron chi connectivity index (χ4n) is 3.27. The van der Waals surface area contributed by atoms with Gasteiger partial charge in [-0.3, -0.25) is 9.59 Å². The summed E-state index contributed by atoms with van der Waals surface area (Å²) in [5, 5.41) is 9.29. The lowest BCUT2D eigenvalue weighted by Gasteiger charge is -2.25. The molecule has 0 saturated carbocycles. The molecule has 7 heteroatoms. The van der Waals surface area contributed by atoms with Gasteiger partial charge in [0.25, 0.3) is 0 Å². The van der Waals surface area contributed by atoms with Crippen LogP contribution in [-0.2, 0) is 23.2 Å². The van der Waals surface area contributed by atoms with Crippen molar-refractivity contribution in [2.75, 3.05) is 26.2 Å². The number of nitrogens with zero attached hydrogens (tertiary/aromatic N) is 4. The molecule has 1 aromatic carbocycles. The van der Waals surface area contributed by atoms with Gasteiger partial charge < -0.3 is 19.5 Å². The van der Waals surface area contributed by atoms with Gasteiger partial charge in [-0.15, -0.1) is 0 Å². The maximum absolute atomic E-state index is 12.7. The molecular weight excluding hydrogens is 332 g/mol. The lowest BCUT2D eigenvalue weighted by molar-refractivity contribution is -0.139. The van der Waals surface area contributed by atoms with Crippen molar-refractivity contribution in [3.63, 3.8) is 0 Å². The zero-order valence-electron chi connectivity index (χ0n) is 14.9. The molecule has 3 rings (SSSR count). The highest BCUT2D eigenvalue weighted by molar-refractivity contribution is 5.86. The molecule has 1 aromatic heterocycles. The summed E-state index contributed by atoms with van der Waals surface area (Å²) < 4.78 is 1.84. The van der Waals surface area contributed by atoms with Crippen LogP contribution in [0.4, 0.5) is 0 Å². The number of rotatable bonds is 7. The second-order valence-corrected chi connectivity index (χ2v) is 6.58. The van der Waals surface area contributed by atoms with Crippen molar-refractivity contribution >= 4 is 11.8 Å². The Morgan fingerprint density at radius 2 is 2.12 bits per heavy atom. The van der Waals surface area contributed by atoms with Gasteiger partial charge in [0, 0.05) is 44.9 Å². The summed E-state index contributed by atoms with van der Waals surface area (Å²) >= 11 is 0. The Balaban J connectivity index is 1.63. The molecule has 2 heterocycles. The zero-order chi connectivity index (χ0) is 18.5. The molecule has 2 amide bonds. The number of aliphatic hydroxyl groups excluding tert-OH is 1. The molecule has 138 valence electrons. The first-order valence-corrected chi connectivity index (χ1v) is 8.76. The van der Waals surface area contributed by atoms with E-state index in [-0.39, 0.29) is 37.4 Å². The average Bonchev–Trinajstić information content (AvgIpc) is 3.21. The number of hydrogen-bond acceptors (Lipinski definition) is 4. The van der Waals surface area contributed by atoms with Gasteiger partial charge >= 0.3 is 0 Å². The third-order valence-electron chi connectivity index (χ3n) is 4.79. The first kappa shape index (κ1) is 18.1. The maximum Gasteiger partial charge on any atom is 0.242 e. The molecule has 0 aliphatic carbocycles. The van der Waals surface area contributed by atoms with E-state index < -0.39 is 0 Å². The number of hydrogen-bond donors (Lipinski definition) is 1. The standard InChI is InChI=1S/C19H24N4O3/c1-21-8-7-20-17(21)13-22(9-10-24)19(26)14-23-12-16(11-18(23)25)15-5-3-2-4-6-15/h2-8,16,24H,9-14H2,1H3/t16-/m0/s1. The molecule has 0 bridgehead atoms. The Morgan fingerprint density at radius 1 is 1.35 bits per heavy atom. The van der Waals surface area contributed by atoms with Crippen LogP contribution in [0.15, 0.2) is 42.7 Å². The quantitative estimate of drug-likeness (QED) is 0.794. The van der Waals surface area contributed by atoms with E-state index in [0.717, 1.165) is 11.4 Å². The largest absolute Gasteiger partial charge is 0.395 e. The zero-order valence-corrected chi connectivity index (χ0v) is 14.9. The summed E-state index contributed by atoms with van der Waals surface area (Å²) in [4.78, 5) is 32.4. The maximum atomic E-state index is 12.7. The predicted molar refractivity (Wildman–Crippen MR) is 96.1 cm³/mol. The lowest BCUT2D eigenvalue weighted by atomic mass is 9.99. The van der Waals surface area contributed by atoms with Crippen LogP contribution in [0.1, 0.15) is 23.7 Å². The fraction of sp³-hybridized carbons (Fsp3) is 0.421. The van der Waals surface area contributed by atoms with E-state index in [0.29, 0.717) is 19.5 Å². The minimum atomic E-state index is -0.177. The van der Waals surface area contributed by atoms with E-state index in [9.17, 15) is 14.7 Å². The molecule has 1 fully saturated rings. The van der Waals surface area contributed by atoms with E-state index >= 15 is 0 Å². The van der Waals surface area contributed by atoms with Crippen molar-refractivity contribution < 1.29 is 14.7 Å². The van der Waals surface area contributed by atoms with Gasteiger partial charge in [0.15, 0.2) is 0 Å². The average molecular weight is 356 g/mol. The van der Waals surface area contributed by atoms with Crippen molar-refractivity contribution in [3.8, 4) is 0 Å². The number of aryl methyl sites for hydroxylation is 1. The van der Waals surface area contributed by atoms with E-state index in [2.05, 4.69) is 4.98 Å². The van der Waals surface area contributed by atoms with Crippen LogP contribution in [0.3, 0.4) is 0 Å². The fourth-order valence-corrected chi connectivity index (χ4v) is 3.27. The molecule has 1 saturated heterocycles. The number of benzene rings is 1. The molecule has 2 aromatic rings. The number of aromatic nitrogens is 2. The Morgan fingerprint density at radius 3 is 2.77 bits per heavy atom. The van der Waals surface area contributed by atoms with Crippen molar-refractivity contribution in [1.29, 1.82) is 0 Å². The van der Waals surface area contributed by atoms with Crippen LogP contribution >= 0.6 is 0 Å². The van der Waals surface area contributed by atoms with Crippen LogP contribution in [0.5, 0.6) is 0 Å². The summed E-state index contributed by atoms with van der Waals surface area (Å²) in [6.07, 6.45) is 3.91. The SMILES string of the molecule is Cn1ccnc1CN(CCO)C(=O)CN1C[C@@H](c2ccccc2)CC1=O. The number of imidazole rings is 1. The molecule has 1 N–H and O–H groups in total.